The molecule has 2 aromatic heterocycles. The second kappa shape index (κ2) is 6.47. The van der Waals surface area contributed by atoms with Gasteiger partial charge in [0, 0.05) is 19.3 Å². The largest absolute Gasteiger partial charge is 0.359 e. The van der Waals surface area contributed by atoms with Crippen LogP contribution < -0.4 is 5.32 Å². The minimum absolute atomic E-state index is 0.0360. The lowest BCUT2D eigenvalue weighted by molar-refractivity contribution is 0.190. The summed E-state index contributed by atoms with van der Waals surface area (Å²) in [4.78, 5) is 18.0. The van der Waals surface area contributed by atoms with Gasteiger partial charge >= 0.3 is 6.03 Å². The third-order valence-electron chi connectivity index (χ3n) is 4.14. The van der Waals surface area contributed by atoms with Crippen LogP contribution in [-0.4, -0.2) is 53.6 Å². The molecule has 0 bridgehead atoms. The van der Waals surface area contributed by atoms with Crippen molar-refractivity contribution in [3.8, 4) is 11.4 Å². The summed E-state index contributed by atoms with van der Waals surface area (Å²) in [6, 6.07) is 6.86. The van der Waals surface area contributed by atoms with Gasteiger partial charge in [-0.3, -0.25) is 4.98 Å². The van der Waals surface area contributed by atoms with Gasteiger partial charge in [0.2, 0.25) is 0 Å². The molecule has 0 spiro atoms. The highest BCUT2D eigenvalue weighted by Gasteiger charge is 2.40. The molecule has 1 atom stereocenters. The maximum Gasteiger partial charge on any atom is 0.318 e. The molecule has 1 N–H and O–H groups in total. The maximum atomic E-state index is 12.3. The van der Waals surface area contributed by atoms with E-state index in [9.17, 15) is 13.2 Å². The molecule has 25 heavy (non-hydrogen) atoms. The van der Waals surface area contributed by atoms with Crippen LogP contribution in [0.5, 0.6) is 0 Å². The third-order valence-corrected chi connectivity index (χ3v) is 6.04. The Morgan fingerprint density at radius 3 is 2.84 bits per heavy atom. The summed E-state index contributed by atoms with van der Waals surface area (Å²) in [5.41, 5.74) is 0.552. The predicted octanol–water partition coefficient (Wildman–Crippen LogP) is 1.46. The van der Waals surface area contributed by atoms with Crippen LogP contribution in [0, 0.1) is 0 Å². The summed E-state index contributed by atoms with van der Waals surface area (Å²) in [5, 5.41) is 6.76. The number of aromatic nitrogens is 2. The molecule has 1 aliphatic rings. The minimum Gasteiger partial charge on any atom is -0.359 e. The number of nitrogens with zero attached hydrogens (tertiary/aromatic N) is 3. The highest BCUT2D eigenvalue weighted by molar-refractivity contribution is 7.91. The molecule has 1 saturated heterocycles. The fourth-order valence-corrected chi connectivity index (χ4v) is 4.88. The van der Waals surface area contributed by atoms with E-state index in [1.165, 1.54) is 4.90 Å². The average Bonchev–Trinajstić information content (AvgIpc) is 3.12. The summed E-state index contributed by atoms with van der Waals surface area (Å²) >= 11 is 0. The first-order valence-electron chi connectivity index (χ1n) is 7.87. The number of rotatable bonds is 4. The molecule has 2 amide bonds. The lowest BCUT2D eigenvalue weighted by Gasteiger charge is -2.27. The highest BCUT2D eigenvalue weighted by atomic mass is 32.2. The number of nitrogens with one attached hydrogen (secondary N) is 1. The van der Waals surface area contributed by atoms with Crippen molar-refractivity contribution in [1.82, 2.24) is 20.4 Å². The third kappa shape index (κ3) is 4.16. The summed E-state index contributed by atoms with van der Waals surface area (Å²) in [7, 11) is -1.46. The van der Waals surface area contributed by atoms with Crippen LogP contribution in [0.2, 0.25) is 0 Å². The Bertz CT molecular complexity index is 865. The zero-order valence-corrected chi connectivity index (χ0v) is 14.9. The number of pyridine rings is 1. The smallest absolute Gasteiger partial charge is 0.318 e. The Labute approximate surface area is 146 Å². The van der Waals surface area contributed by atoms with Crippen molar-refractivity contribution in [2.45, 2.75) is 25.4 Å². The van der Waals surface area contributed by atoms with E-state index < -0.39 is 15.4 Å². The van der Waals surface area contributed by atoms with Gasteiger partial charge in [0.25, 0.3) is 0 Å². The Kier molecular flexibility index (Phi) is 4.51. The van der Waals surface area contributed by atoms with Gasteiger partial charge in [0.1, 0.15) is 5.69 Å². The van der Waals surface area contributed by atoms with E-state index in [2.05, 4.69) is 15.5 Å². The van der Waals surface area contributed by atoms with E-state index in [4.69, 9.17) is 4.52 Å². The fraction of sp³-hybridized carbons (Fsp3) is 0.438. The second-order valence-electron chi connectivity index (χ2n) is 6.58. The van der Waals surface area contributed by atoms with Crippen molar-refractivity contribution in [3.05, 3.63) is 36.2 Å². The molecule has 0 unspecified atom stereocenters. The Morgan fingerprint density at radius 1 is 1.40 bits per heavy atom. The van der Waals surface area contributed by atoms with Crippen LogP contribution in [0.3, 0.4) is 0 Å². The van der Waals surface area contributed by atoms with Gasteiger partial charge in [0.15, 0.2) is 15.6 Å². The van der Waals surface area contributed by atoms with Gasteiger partial charge in [-0.05, 0) is 25.5 Å². The topological polar surface area (TPSA) is 105 Å². The first kappa shape index (κ1) is 17.4. The van der Waals surface area contributed by atoms with E-state index in [1.807, 2.05) is 18.2 Å². The zero-order valence-electron chi connectivity index (χ0n) is 14.1. The van der Waals surface area contributed by atoms with Crippen molar-refractivity contribution in [3.63, 3.8) is 0 Å². The summed E-state index contributed by atoms with van der Waals surface area (Å²) in [6.45, 7) is 1.96. The maximum absolute atomic E-state index is 12.3. The summed E-state index contributed by atoms with van der Waals surface area (Å²) in [6.07, 6.45) is 2.08. The van der Waals surface area contributed by atoms with E-state index >= 15 is 0 Å². The number of amides is 2. The van der Waals surface area contributed by atoms with Crippen molar-refractivity contribution < 1.29 is 17.7 Å². The molecule has 9 heteroatoms. The van der Waals surface area contributed by atoms with Gasteiger partial charge in [-0.1, -0.05) is 11.2 Å². The average molecular weight is 364 g/mol. The van der Waals surface area contributed by atoms with Crippen molar-refractivity contribution in [2.24, 2.45) is 0 Å². The van der Waals surface area contributed by atoms with E-state index in [-0.39, 0.29) is 24.1 Å². The Balaban J connectivity index is 1.62. The monoisotopic (exact) mass is 364 g/mol. The van der Waals surface area contributed by atoms with Crippen LogP contribution in [0.4, 0.5) is 4.79 Å². The number of hydrogen-bond donors (Lipinski definition) is 1. The first-order valence-corrected chi connectivity index (χ1v) is 9.69. The SMILES string of the molecule is CN(Cc1cc(-c2ccccn2)no1)C(=O)N[C@]1(C)CCS(=O)(=O)C1. The van der Waals surface area contributed by atoms with Gasteiger partial charge in [-0.2, -0.15) is 0 Å². The molecule has 134 valence electrons. The summed E-state index contributed by atoms with van der Waals surface area (Å²) < 4.78 is 28.5. The van der Waals surface area contributed by atoms with Gasteiger partial charge in [-0.15, -0.1) is 0 Å². The number of sulfone groups is 1. The van der Waals surface area contributed by atoms with Crippen LogP contribution in [0.1, 0.15) is 19.1 Å². The van der Waals surface area contributed by atoms with Crippen LogP contribution in [-0.2, 0) is 16.4 Å². The Morgan fingerprint density at radius 2 is 2.20 bits per heavy atom. The molecule has 0 radical (unpaired) electrons. The molecule has 2 aromatic rings. The van der Waals surface area contributed by atoms with Crippen LogP contribution in [0.25, 0.3) is 11.4 Å². The number of carbonyl (C=O) groups is 1. The van der Waals surface area contributed by atoms with Gasteiger partial charge < -0.3 is 14.7 Å². The predicted molar refractivity (Wildman–Crippen MR) is 91.4 cm³/mol. The van der Waals surface area contributed by atoms with Crippen molar-refractivity contribution in [1.29, 1.82) is 0 Å². The highest BCUT2D eigenvalue weighted by Crippen LogP contribution is 2.23. The second-order valence-corrected chi connectivity index (χ2v) is 8.77. The molecule has 1 fully saturated rings. The number of carbonyl (C=O) groups excluding carboxylic acids is 1. The van der Waals surface area contributed by atoms with Gasteiger partial charge in [0.05, 0.1) is 29.3 Å². The van der Waals surface area contributed by atoms with E-state index in [0.717, 1.165) is 0 Å². The molecule has 1 aliphatic heterocycles. The standard InChI is InChI=1S/C16H20N4O4S/c1-16(6-8-25(22,23)11-16)18-15(21)20(2)10-12-9-14(19-24-12)13-5-3-4-7-17-13/h3-5,7,9H,6,8,10-11H2,1-2H3,(H,18,21)/t16-/m1/s1. The summed E-state index contributed by atoms with van der Waals surface area (Å²) in [5.74, 6) is 0.580. The van der Waals surface area contributed by atoms with Crippen LogP contribution >= 0.6 is 0 Å². The molecule has 0 aliphatic carbocycles. The zero-order chi connectivity index (χ0) is 18.1. The quantitative estimate of drug-likeness (QED) is 0.880. The first-order chi connectivity index (χ1) is 11.8. The number of urea groups is 1. The molecule has 8 nitrogen and oxygen atoms in total. The lowest BCUT2D eigenvalue weighted by Crippen LogP contribution is -2.51. The molecule has 3 heterocycles. The normalized spacial score (nSPS) is 21.8. The fourth-order valence-electron chi connectivity index (χ4n) is 2.79. The molecular weight excluding hydrogens is 344 g/mol. The molecular formula is C16H20N4O4S. The van der Waals surface area contributed by atoms with Crippen molar-refractivity contribution in [2.75, 3.05) is 18.6 Å². The van der Waals surface area contributed by atoms with Gasteiger partial charge in [-0.25, -0.2) is 13.2 Å². The van der Waals surface area contributed by atoms with E-state index in [1.54, 1.807) is 26.2 Å². The van der Waals surface area contributed by atoms with E-state index in [0.29, 0.717) is 23.6 Å². The molecule has 0 saturated carbocycles. The van der Waals surface area contributed by atoms with Crippen molar-refractivity contribution >= 4 is 15.9 Å². The minimum atomic E-state index is -3.08. The molecule has 0 aromatic carbocycles. The Hall–Kier alpha value is -2.42. The van der Waals surface area contributed by atoms with Crippen LogP contribution in [0.15, 0.2) is 35.0 Å². The lowest BCUT2D eigenvalue weighted by atomic mass is 10.0. The molecule has 3 rings (SSSR count). The number of hydrogen-bond acceptors (Lipinski definition) is 6.